The van der Waals surface area contributed by atoms with E-state index in [0.717, 1.165) is 33.3 Å². The topological polar surface area (TPSA) is 81.0 Å². The van der Waals surface area contributed by atoms with E-state index in [9.17, 15) is 10.2 Å². The van der Waals surface area contributed by atoms with E-state index in [2.05, 4.69) is 0 Å². The summed E-state index contributed by atoms with van der Waals surface area (Å²) in [4.78, 5) is 4.80. The molecule has 0 atom stereocenters. The molecule has 4 aromatic rings. The Balaban J connectivity index is 1.80. The zero-order valence-electron chi connectivity index (χ0n) is 19.0. The van der Waals surface area contributed by atoms with Crippen LogP contribution in [0.5, 0.6) is 17.2 Å². The number of nitrogens with zero attached hydrogens (tertiary/aromatic N) is 1. The highest BCUT2D eigenvalue weighted by atomic mass is 16.5. The largest absolute Gasteiger partial charge is 0.493 e. The first-order chi connectivity index (χ1) is 16.1. The van der Waals surface area contributed by atoms with Crippen molar-refractivity contribution >= 4 is 10.8 Å². The molecule has 0 spiro atoms. The molecule has 0 saturated carbocycles. The summed E-state index contributed by atoms with van der Waals surface area (Å²) in [5.41, 5.74) is 4.82. The summed E-state index contributed by atoms with van der Waals surface area (Å²) in [6.07, 6.45) is 0. The second-order valence-electron chi connectivity index (χ2n) is 7.74. The average Bonchev–Trinajstić information content (AvgIpc) is 2.86. The number of rotatable bonds is 8. The third-order valence-electron chi connectivity index (χ3n) is 5.66. The van der Waals surface area contributed by atoms with E-state index < -0.39 is 0 Å². The van der Waals surface area contributed by atoms with Crippen LogP contribution in [0.4, 0.5) is 0 Å². The Hall–Kier alpha value is -3.61. The molecule has 0 aliphatic heterocycles. The number of fused-ring (bicyclic) bond motifs is 1. The molecule has 0 fully saturated rings. The highest BCUT2D eigenvalue weighted by Gasteiger charge is 2.17. The molecule has 0 bridgehead atoms. The van der Waals surface area contributed by atoms with Gasteiger partial charge < -0.3 is 24.4 Å². The predicted molar refractivity (Wildman–Crippen MR) is 128 cm³/mol. The van der Waals surface area contributed by atoms with Crippen LogP contribution >= 0.6 is 0 Å². The first-order valence-corrected chi connectivity index (χ1v) is 10.7. The lowest BCUT2D eigenvalue weighted by Crippen LogP contribution is -2.01. The Bertz CT molecular complexity index is 1270. The molecule has 6 nitrogen and oxygen atoms in total. The van der Waals surface area contributed by atoms with Gasteiger partial charge in [0, 0.05) is 16.6 Å². The smallest absolute Gasteiger partial charge is 0.203 e. The monoisotopic (exact) mass is 445 g/mol. The molecule has 1 aromatic heterocycles. The third kappa shape index (κ3) is 4.62. The quantitative estimate of drug-likeness (QED) is 0.406. The highest BCUT2D eigenvalue weighted by Crippen LogP contribution is 2.42. The second kappa shape index (κ2) is 9.90. The van der Waals surface area contributed by atoms with Gasteiger partial charge in [-0.1, -0.05) is 30.3 Å². The molecule has 6 heteroatoms. The van der Waals surface area contributed by atoms with Crippen LogP contribution in [0.15, 0.2) is 60.7 Å². The molecule has 170 valence electrons. The highest BCUT2D eigenvalue weighted by molar-refractivity contribution is 5.89. The van der Waals surface area contributed by atoms with E-state index in [1.165, 1.54) is 0 Å². The van der Waals surface area contributed by atoms with Gasteiger partial charge in [0.15, 0.2) is 11.5 Å². The number of hydrogen-bond donors (Lipinski definition) is 2. The van der Waals surface area contributed by atoms with Crippen LogP contribution < -0.4 is 14.2 Å². The van der Waals surface area contributed by atoms with E-state index >= 15 is 0 Å². The summed E-state index contributed by atoms with van der Waals surface area (Å²) in [6, 6.07) is 19.4. The van der Waals surface area contributed by atoms with E-state index in [4.69, 9.17) is 19.2 Å². The molecular weight excluding hydrogens is 418 g/mol. The zero-order chi connectivity index (χ0) is 23.4. The number of aromatic nitrogens is 1. The van der Waals surface area contributed by atoms with Gasteiger partial charge >= 0.3 is 0 Å². The van der Waals surface area contributed by atoms with Gasteiger partial charge in [-0.15, -0.1) is 0 Å². The molecule has 3 aromatic carbocycles. The minimum Gasteiger partial charge on any atom is -0.493 e. The Kier molecular flexibility index (Phi) is 6.77. The number of benzene rings is 3. The number of hydrogen-bond acceptors (Lipinski definition) is 6. The maximum atomic E-state index is 9.71. The molecule has 0 amide bonds. The average molecular weight is 446 g/mol. The van der Waals surface area contributed by atoms with E-state index in [1.807, 2.05) is 67.6 Å². The van der Waals surface area contributed by atoms with Crippen LogP contribution in [0, 0.1) is 6.92 Å². The molecule has 0 saturated heterocycles. The lowest BCUT2D eigenvalue weighted by molar-refractivity contribution is 0.260. The number of ether oxygens (including phenoxy) is 3. The summed E-state index contributed by atoms with van der Waals surface area (Å²) in [5, 5.41) is 21.2. The molecule has 2 N–H and O–H groups in total. The lowest BCUT2D eigenvalue weighted by Gasteiger charge is -2.17. The van der Waals surface area contributed by atoms with Crippen LogP contribution in [0.2, 0.25) is 0 Å². The second-order valence-corrected chi connectivity index (χ2v) is 7.74. The van der Waals surface area contributed by atoms with E-state index in [1.54, 1.807) is 14.2 Å². The first-order valence-electron chi connectivity index (χ1n) is 10.7. The van der Waals surface area contributed by atoms with Crippen molar-refractivity contribution in [1.29, 1.82) is 0 Å². The predicted octanol–water partition coefficient (Wildman–Crippen LogP) is 4.79. The van der Waals surface area contributed by atoms with Gasteiger partial charge in [-0.05, 0) is 59.3 Å². The van der Waals surface area contributed by atoms with Gasteiger partial charge in [-0.25, -0.2) is 0 Å². The molecule has 1 heterocycles. The van der Waals surface area contributed by atoms with Gasteiger partial charge in [0.2, 0.25) is 5.75 Å². The summed E-state index contributed by atoms with van der Waals surface area (Å²) < 4.78 is 17.3. The third-order valence-corrected chi connectivity index (χ3v) is 5.66. The number of pyridine rings is 1. The fourth-order valence-electron chi connectivity index (χ4n) is 3.92. The van der Waals surface area contributed by atoms with E-state index in [0.29, 0.717) is 35.0 Å². The molecular formula is C27H27NO5. The van der Waals surface area contributed by atoms with Crippen LogP contribution in [-0.2, 0) is 19.8 Å². The van der Waals surface area contributed by atoms with Gasteiger partial charge in [0.25, 0.3) is 0 Å². The zero-order valence-corrected chi connectivity index (χ0v) is 19.0. The van der Waals surface area contributed by atoms with Crippen molar-refractivity contribution < 1.29 is 24.4 Å². The molecule has 4 rings (SSSR count). The SMILES string of the molecule is COc1cc(-c2cc3cc(CO)c(CO)cc3c(C)n2)cc(OCc2ccccc2)c1OC. The molecule has 0 unspecified atom stereocenters. The van der Waals surface area contributed by atoms with Crippen molar-refractivity contribution in [3.05, 3.63) is 83.0 Å². The fraction of sp³-hybridized carbons (Fsp3) is 0.222. The summed E-state index contributed by atoms with van der Waals surface area (Å²) in [5.74, 6) is 1.62. The Morgan fingerprint density at radius 1 is 0.818 bits per heavy atom. The van der Waals surface area contributed by atoms with E-state index in [-0.39, 0.29) is 13.2 Å². The van der Waals surface area contributed by atoms with Crippen LogP contribution in [-0.4, -0.2) is 29.4 Å². The molecule has 0 aliphatic carbocycles. The summed E-state index contributed by atoms with van der Waals surface area (Å²) in [7, 11) is 3.17. The van der Waals surface area contributed by atoms with Crippen molar-refractivity contribution in [3.8, 4) is 28.5 Å². The lowest BCUT2D eigenvalue weighted by atomic mass is 9.99. The number of aliphatic hydroxyl groups excluding tert-OH is 2. The fourth-order valence-corrected chi connectivity index (χ4v) is 3.92. The normalized spacial score (nSPS) is 10.9. The maximum Gasteiger partial charge on any atom is 0.203 e. The van der Waals surface area contributed by atoms with Crippen molar-refractivity contribution in [1.82, 2.24) is 4.98 Å². The standard InChI is InChI=1S/C27H27NO5/c1-17-23-10-22(15-30)21(14-29)9-19(23)11-24(28-17)20-12-25(31-2)27(32-3)26(13-20)33-16-18-7-5-4-6-8-18/h4-13,29-30H,14-16H2,1-3H3. The number of aryl methyl sites for hydroxylation is 1. The Morgan fingerprint density at radius 3 is 2.18 bits per heavy atom. The van der Waals surface area contributed by atoms with Gasteiger partial charge in [0.1, 0.15) is 6.61 Å². The number of methoxy groups -OCH3 is 2. The van der Waals surface area contributed by atoms with Crippen molar-refractivity contribution in [2.45, 2.75) is 26.7 Å². The van der Waals surface area contributed by atoms with Crippen LogP contribution in [0.1, 0.15) is 22.4 Å². The minimum absolute atomic E-state index is 0.134. The summed E-state index contributed by atoms with van der Waals surface area (Å²) >= 11 is 0. The van der Waals surface area contributed by atoms with Crippen molar-refractivity contribution in [2.75, 3.05) is 14.2 Å². The van der Waals surface area contributed by atoms with Crippen molar-refractivity contribution in [3.63, 3.8) is 0 Å². The van der Waals surface area contributed by atoms with Crippen LogP contribution in [0.25, 0.3) is 22.0 Å². The summed E-state index contributed by atoms with van der Waals surface area (Å²) in [6.45, 7) is 2.04. The van der Waals surface area contributed by atoms with Crippen molar-refractivity contribution in [2.24, 2.45) is 0 Å². The molecule has 0 radical (unpaired) electrons. The number of aliphatic hydroxyl groups is 2. The Morgan fingerprint density at radius 2 is 1.52 bits per heavy atom. The van der Waals surface area contributed by atoms with Gasteiger partial charge in [-0.2, -0.15) is 0 Å². The molecule has 0 aliphatic rings. The minimum atomic E-state index is -0.142. The van der Waals surface area contributed by atoms with Crippen LogP contribution in [0.3, 0.4) is 0 Å². The Labute approximate surface area is 193 Å². The van der Waals surface area contributed by atoms with Gasteiger partial charge in [0.05, 0.1) is 33.1 Å². The maximum absolute atomic E-state index is 9.71. The first kappa shape index (κ1) is 22.6. The van der Waals surface area contributed by atoms with Gasteiger partial charge in [-0.3, -0.25) is 4.98 Å². The molecule has 33 heavy (non-hydrogen) atoms.